The van der Waals surface area contributed by atoms with Crippen LogP contribution in [-0.4, -0.2) is 29.0 Å². The maximum absolute atomic E-state index is 5.72. The van der Waals surface area contributed by atoms with Gasteiger partial charge in [-0.25, -0.2) is 0 Å². The zero-order valence-electron chi connectivity index (χ0n) is 10.4. The summed E-state index contributed by atoms with van der Waals surface area (Å²) >= 11 is 0. The predicted octanol–water partition coefficient (Wildman–Crippen LogP) is 1.58. The molecule has 2 rings (SSSR count). The molecule has 1 aromatic rings. The zero-order chi connectivity index (χ0) is 11.6. The van der Waals surface area contributed by atoms with E-state index in [1.54, 1.807) is 10.9 Å². The van der Waals surface area contributed by atoms with Crippen LogP contribution in [0.4, 0.5) is 0 Å². The molecular weight excluding hydrogens is 202 g/mol. The molecule has 4 nitrogen and oxygen atoms in total. The van der Waals surface area contributed by atoms with Crippen molar-refractivity contribution in [3.8, 4) is 5.75 Å². The van der Waals surface area contributed by atoms with Crippen molar-refractivity contribution in [3.63, 3.8) is 0 Å². The van der Waals surface area contributed by atoms with E-state index in [-0.39, 0.29) is 5.41 Å². The highest BCUT2D eigenvalue weighted by atomic mass is 16.5. The van der Waals surface area contributed by atoms with E-state index in [1.807, 2.05) is 13.2 Å². The molecule has 4 heteroatoms. The van der Waals surface area contributed by atoms with Gasteiger partial charge in [0.2, 0.25) is 0 Å². The van der Waals surface area contributed by atoms with Gasteiger partial charge in [-0.3, -0.25) is 4.68 Å². The molecule has 1 fully saturated rings. The third-order valence-corrected chi connectivity index (χ3v) is 2.76. The Morgan fingerprint density at radius 2 is 2.31 bits per heavy atom. The first-order chi connectivity index (χ1) is 7.55. The largest absolute Gasteiger partial charge is 0.490 e. The summed E-state index contributed by atoms with van der Waals surface area (Å²) in [5.74, 6) is 0.849. The standard InChI is InChI=1S/C12H21N3O/c1-12(2,8-13-10-4-5-10)9-16-11-6-14-15(3)7-11/h6-7,10,13H,4-5,8-9H2,1-3H3. The molecule has 0 aliphatic heterocycles. The molecule has 90 valence electrons. The van der Waals surface area contributed by atoms with Gasteiger partial charge in [0, 0.05) is 25.0 Å². The van der Waals surface area contributed by atoms with E-state index in [9.17, 15) is 0 Å². The van der Waals surface area contributed by atoms with E-state index in [1.165, 1.54) is 12.8 Å². The third kappa shape index (κ3) is 3.52. The maximum Gasteiger partial charge on any atom is 0.157 e. The van der Waals surface area contributed by atoms with Gasteiger partial charge >= 0.3 is 0 Å². The molecule has 0 saturated heterocycles. The van der Waals surface area contributed by atoms with Crippen LogP contribution in [-0.2, 0) is 7.05 Å². The van der Waals surface area contributed by atoms with Gasteiger partial charge in [-0.15, -0.1) is 0 Å². The number of ether oxygens (including phenoxy) is 1. The lowest BCUT2D eigenvalue weighted by Gasteiger charge is -2.24. The van der Waals surface area contributed by atoms with Crippen LogP contribution in [0.15, 0.2) is 12.4 Å². The number of aromatic nitrogens is 2. The van der Waals surface area contributed by atoms with E-state index >= 15 is 0 Å². The van der Waals surface area contributed by atoms with Crippen molar-refractivity contribution in [1.29, 1.82) is 0 Å². The molecule has 0 bridgehead atoms. The van der Waals surface area contributed by atoms with Crippen LogP contribution in [0.25, 0.3) is 0 Å². The van der Waals surface area contributed by atoms with Gasteiger partial charge in [0.1, 0.15) is 0 Å². The van der Waals surface area contributed by atoms with Gasteiger partial charge < -0.3 is 10.1 Å². The van der Waals surface area contributed by atoms with Crippen LogP contribution >= 0.6 is 0 Å². The first-order valence-electron chi connectivity index (χ1n) is 5.90. The number of hydrogen-bond donors (Lipinski definition) is 1. The predicted molar refractivity (Wildman–Crippen MR) is 63.5 cm³/mol. The molecule has 1 aliphatic carbocycles. The second-order valence-electron chi connectivity index (χ2n) is 5.46. The minimum atomic E-state index is 0.165. The molecular formula is C12H21N3O. The van der Waals surface area contributed by atoms with Gasteiger partial charge in [0.25, 0.3) is 0 Å². The zero-order valence-corrected chi connectivity index (χ0v) is 10.4. The fourth-order valence-electron chi connectivity index (χ4n) is 1.51. The molecule has 0 unspecified atom stereocenters. The second-order valence-corrected chi connectivity index (χ2v) is 5.46. The molecule has 1 heterocycles. The highest BCUT2D eigenvalue weighted by Gasteiger charge is 2.25. The van der Waals surface area contributed by atoms with Crippen molar-refractivity contribution < 1.29 is 4.74 Å². The van der Waals surface area contributed by atoms with Crippen molar-refractivity contribution in [3.05, 3.63) is 12.4 Å². The Hall–Kier alpha value is -1.03. The summed E-state index contributed by atoms with van der Waals surface area (Å²) in [6.45, 7) is 6.17. The summed E-state index contributed by atoms with van der Waals surface area (Å²) in [5.41, 5.74) is 0.165. The molecule has 0 amide bonds. The summed E-state index contributed by atoms with van der Waals surface area (Å²) < 4.78 is 7.48. The van der Waals surface area contributed by atoms with Crippen LogP contribution in [0.1, 0.15) is 26.7 Å². The smallest absolute Gasteiger partial charge is 0.157 e. The number of nitrogens with zero attached hydrogens (tertiary/aromatic N) is 2. The fourth-order valence-corrected chi connectivity index (χ4v) is 1.51. The van der Waals surface area contributed by atoms with Crippen LogP contribution in [0.3, 0.4) is 0 Å². The average Bonchev–Trinajstić information content (AvgIpc) is 2.96. The lowest BCUT2D eigenvalue weighted by atomic mass is 9.95. The average molecular weight is 223 g/mol. The van der Waals surface area contributed by atoms with Crippen molar-refractivity contribution in [2.24, 2.45) is 12.5 Å². The monoisotopic (exact) mass is 223 g/mol. The Bertz CT molecular complexity index is 342. The number of rotatable bonds is 6. The quantitative estimate of drug-likeness (QED) is 0.795. The Morgan fingerprint density at radius 3 is 2.88 bits per heavy atom. The number of aryl methyl sites for hydroxylation is 1. The van der Waals surface area contributed by atoms with Gasteiger partial charge in [0.05, 0.1) is 19.0 Å². The Kier molecular flexibility index (Phi) is 3.19. The van der Waals surface area contributed by atoms with Crippen molar-refractivity contribution in [2.45, 2.75) is 32.7 Å². The Balaban J connectivity index is 1.74. The van der Waals surface area contributed by atoms with E-state index in [2.05, 4.69) is 24.3 Å². The Labute approximate surface area is 97.0 Å². The van der Waals surface area contributed by atoms with E-state index in [0.29, 0.717) is 0 Å². The lowest BCUT2D eigenvalue weighted by Crippen LogP contribution is -2.35. The van der Waals surface area contributed by atoms with Crippen LogP contribution in [0.5, 0.6) is 5.75 Å². The minimum absolute atomic E-state index is 0.165. The van der Waals surface area contributed by atoms with Gasteiger partial charge in [-0.1, -0.05) is 13.8 Å². The molecule has 1 saturated carbocycles. The molecule has 1 N–H and O–H groups in total. The topological polar surface area (TPSA) is 39.1 Å². The molecule has 0 aromatic carbocycles. The first-order valence-corrected chi connectivity index (χ1v) is 5.90. The number of hydrogen-bond acceptors (Lipinski definition) is 3. The van der Waals surface area contributed by atoms with Gasteiger partial charge in [0.15, 0.2) is 5.75 Å². The van der Waals surface area contributed by atoms with Crippen LogP contribution in [0.2, 0.25) is 0 Å². The third-order valence-electron chi connectivity index (χ3n) is 2.76. The van der Waals surface area contributed by atoms with Gasteiger partial charge in [-0.2, -0.15) is 5.10 Å². The summed E-state index contributed by atoms with van der Waals surface area (Å²) in [7, 11) is 1.90. The first kappa shape index (κ1) is 11.5. The fraction of sp³-hybridized carbons (Fsp3) is 0.750. The molecule has 1 aromatic heterocycles. The lowest BCUT2D eigenvalue weighted by molar-refractivity contribution is 0.176. The summed E-state index contributed by atoms with van der Waals surface area (Å²) in [4.78, 5) is 0. The Morgan fingerprint density at radius 1 is 1.56 bits per heavy atom. The summed E-state index contributed by atoms with van der Waals surface area (Å²) in [5, 5.41) is 7.62. The summed E-state index contributed by atoms with van der Waals surface area (Å²) in [6, 6.07) is 0.762. The van der Waals surface area contributed by atoms with E-state index in [0.717, 1.165) is 24.9 Å². The molecule has 1 aliphatic rings. The van der Waals surface area contributed by atoms with Crippen molar-refractivity contribution in [1.82, 2.24) is 15.1 Å². The van der Waals surface area contributed by atoms with Crippen LogP contribution < -0.4 is 10.1 Å². The molecule has 0 atom stereocenters. The molecule has 0 spiro atoms. The second kappa shape index (κ2) is 4.45. The van der Waals surface area contributed by atoms with Crippen molar-refractivity contribution in [2.75, 3.05) is 13.2 Å². The van der Waals surface area contributed by atoms with Crippen molar-refractivity contribution >= 4 is 0 Å². The summed E-state index contributed by atoms with van der Waals surface area (Å²) in [6.07, 6.45) is 6.31. The van der Waals surface area contributed by atoms with Gasteiger partial charge in [-0.05, 0) is 12.8 Å². The normalized spacial score (nSPS) is 16.4. The maximum atomic E-state index is 5.72. The van der Waals surface area contributed by atoms with Crippen LogP contribution in [0, 0.1) is 5.41 Å². The highest BCUT2D eigenvalue weighted by molar-refractivity contribution is 5.11. The van der Waals surface area contributed by atoms with E-state index < -0.39 is 0 Å². The molecule has 0 radical (unpaired) electrons. The number of nitrogens with one attached hydrogen (secondary N) is 1. The highest BCUT2D eigenvalue weighted by Crippen LogP contribution is 2.22. The minimum Gasteiger partial charge on any atom is -0.490 e. The molecule has 16 heavy (non-hydrogen) atoms. The van der Waals surface area contributed by atoms with E-state index in [4.69, 9.17) is 4.74 Å². The SMILES string of the molecule is Cn1cc(OCC(C)(C)CNC2CC2)cn1.